The summed E-state index contributed by atoms with van der Waals surface area (Å²) < 4.78 is 11.8. The van der Waals surface area contributed by atoms with Gasteiger partial charge in [0.25, 0.3) is 0 Å². The number of carbonyl (C=O) groups excluding carboxylic acids is 4. The first-order valence-corrected chi connectivity index (χ1v) is 16.6. The Hall–Kier alpha value is -6.04. The van der Waals surface area contributed by atoms with E-state index in [9.17, 15) is 19.2 Å². The van der Waals surface area contributed by atoms with Crippen molar-refractivity contribution < 1.29 is 28.7 Å². The normalized spacial score (nSPS) is 20.4. The highest BCUT2D eigenvalue weighted by Gasteiger charge is 2.40. The van der Waals surface area contributed by atoms with Gasteiger partial charge in [0, 0.05) is 82.9 Å². The lowest BCUT2D eigenvalue weighted by molar-refractivity contribution is -0.147. The van der Waals surface area contributed by atoms with Gasteiger partial charge < -0.3 is 29.4 Å². The zero-order valence-electron chi connectivity index (χ0n) is 27.4. The van der Waals surface area contributed by atoms with Gasteiger partial charge in [-0.1, -0.05) is 36.4 Å². The fourth-order valence-electron chi connectivity index (χ4n) is 7.43. The molecule has 0 saturated carbocycles. The van der Waals surface area contributed by atoms with E-state index in [0.29, 0.717) is 35.4 Å². The number of hydrogen-bond donors (Lipinski definition) is 4. The van der Waals surface area contributed by atoms with E-state index in [1.54, 1.807) is 12.7 Å². The van der Waals surface area contributed by atoms with Crippen LogP contribution >= 0.6 is 0 Å². The molecule has 0 fully saturated rings. The predicted octanol–water partition coefficient (Wildman–Crippen LogP) is 6.03. The molecule has 2 aromatic carbocycles. The van der Waals surface area contributed by atoms with Gasteiger partial charge in [0.05, 0.1) is 46.6 Å². The molecule has 0 spiro atoms. The number of fused-ring (bicyclic) bond motifs is 6. The molecule has 4 atom stereocenters. The molecular formula is C38H34N6O6. The average molecular weight is 671 g/mol. The number of benzene rings is 2. The van der Waals surface area contributed by atoms with Crippen LogP contribution in [0.4, 0.5) is 0 Å². The van der Waals surface area contributed by atoms with E-state index < -0.39 is 36.0 Å². The Balaban J connectivity index is 1.02. The van der Waals surface area contributed by atoms with E-state index in [4.69, 9.17) is 9.47 Å². The van der Waals surface area contributed by atoms with Crippen molar-refractivity contribution in [2.45, 2.75) is 51.7 Å². The molecule has 12 nitrogen and oxygen atoms in total. The second-order valence-corrected chi connectivity index (χ2v) is 13.1. The maximum Gasteiger partial charge on any atom is 0.331 e. The molecule has 0 amide bonds. The lowest BCUT2D eigenvalue weighted by atomic mass is 9.80. The maximum absolute atomic E-state index is 13.8. The molecule has 0 bridgehead atoms. The molecule has 4 aromatic heterocycles. The summed E-state index contributed by atoms with van der Waals surface area (Å²) in [5.74, 6) is -2.50. The van der Waals surface area contributed by atoms with Gasteiger partial charge in [0.2, 0.25) is 0 Å². The Labute approximate surface area is 285 Å². The highest BCUT2D eigenvalue weighted by Crippen LogP contribution is 2.42. The van der Waals surface area contributed by atoms with Crippen molar-refractivity contribution in [3.05, 3.63) is 119 Å². The van der Waals surface area contributed by atoms with Gasteiger partial charge in [-0.15, -0.1) is 0 Å². The molecule has 4 N–H and O–H groups in total. The Morgan fingerprint density at radius 1 is 0.700 bits per heavy atom. The van der Waals surface area contributed by atoms with Crippen molar-refractivity contribution >= 4 is 45.3 Å². The van der Waals surface area contributed by atoms with E-state index in [-0.39, 0.29) is 24.4 Å². The van der Waals surface area contributed by atoms with Crippen LogP contribution in [-0.2, 0) is 31.9 Å². The number of aromatic nitrogens is 6. The monoisotopic (exact) mass is 670 g/mol. The van der Waals surface area contributed by atoms with Crippen molar-refractivity contribution in [2.24, 2.45) is 11.8 Å². The minimum atomic E-state index is -0.753. The highest BCUT2D eigenvalue weighted by molar-refractivity contribution is 6.12. The first-order valence-electron chi connectivity index (χ1n) is 16.6. The third-order valence-electron chi connectivity index (χ3n) is 9.97. The first kappa shape index (κ1) is 31.2. The minimum absolute atomic E-state index is 0.0330. The number of ether oxygens (including phenoxy) is 2. The molecule has 0 radical (unpaired) electrons. The van der Waals surface area contributed by atoms with Crippen LogP contribution in [0.5, 0.6) is 0 Å². The molecule has 2 aliphatic rings. The number of esters is 2. The van der Waals surface area contributed by atoms with Gasteiger partial charge in [0.15, 0.2) is 11.6 Å². The van der Waals surface area contributed by atoms with Crippen LogP contribution in [-0.4, -0.2) is 53.4 Å². The molecule has 2 aliphatic carbocycles. The number of nitrogens with one attached hydrogen (secondary N) is 4. The molecule has 252 valence electrons. The van der Waals surface area contributed by atoms with Gasteiger partial charge in [-0.25, -0.2) is 19.6 Å². The van der Waals surface area contributed by atoms with Crippen molar-refractivity contribution in [3.8, 4) is 0 Å². The summed E-state index contributed by atoms with van der Waals surface area (Å²) >= 11 is 0. The fraction of sp³-hybridized carbons (Fsp3) is 0.263. The number of H-pyrrole nitrogens is 4. The number of imidazole rings is 2. The summed E-state index contributed by atoms with van der Waals surface area (Å²) in [6.07, 6.45) is 5.07. The number of nitrogens with zero attached hydrogens (tertiary/aromatic N) is 2. The maximum atomic E-state index is 13.8. The van der Waals surface area contributed by atoms with E-state index in [0.717, 1.165) is 56.7 Å². The van der Waals surface area contributed by atoms with Gasteiger partial charge in [-0.3, -0.25) is 9.59 Å². The van der Waals surface area contributed by atoms with Crippen LogP contribution in [0, 0.1) is 25.7 Å². The molecule has 4 heterocycles. The molecule has 4 unspecified atom stereocenters. The van der Waals surface area contributed by atoms with E-state index in [1.807, 2.05) is 62.4 Å². The van der Waals surface area contributed by atoms with Gasteiger partial charge in [-0.05, 0) is 26.0 Å². The van der Waals surface area contributed by atoms with Crippen LogP contribution in [0.1, 0.15) is 79.9 Å². The molecule has 50 heavy (non-hydrogen) atoms. The summed E-state index contributed by atoms with van der Waals surface area (Å²) in [7, 11) is 0. The van der Waals surface area contributed by atoms with Crippen molar-refractivity contribution in [1.82, 2.24) is 29.9 Å². The third-order valence-corrected chi connectivity index (χ3v) is 9.97. The molecule has 6 aromatic rings. The number of aryl methyl sites for hydroxylation is 2. The number of carbonyl (C=O) groups is 4. The number of hydrogen-bond acceptors (Lipinski definition) is 8. The zero-order chi connectivity index (χ0) is 34.5. The number of aromatic amines is 4. The largest absolute Gasteiger partial charge is 0.453 e. The molecule has 0 saturated heterocycles. The Kier molecular flexibility index (Phi) is 7.78. The van der Waals surface area contributed by atoms with E-state index in [1.165, 1.54) is 0 Å². The fourth-order valence-corrected chi connectivity index (χ4v) is 7.43. The van der Waals surface area contributed by atoms with Crippen molar-refractivity contribution in [3.63, 3.8) is 0 Å². The SMILES string of the molecule is Cc1[nH]cnc1CC1CC(OC(=O)/C=C\C(=O)OC2CC(Cc3nc[nH]c3C)C(=O)c3c2[nH]c2ccccc32)c2[nH]c3ccccc3c2C1=O. The number of para-hydroxylation sites is 2. The lowest BCUT2D eigenvalue weighted by Gasteiger charge is -2.28. The lowest BCUT2D eigenvalue weighted by Crippen LogP contribution is -2.29. The quantitative estimate of drug-likeness (QED) is 0.112. The average Bonchev–Trinajstić information content (AvgIpc) is 3.90. The molecular weight excluding hydrogens is 636 g/mol. The summed E-state index contributed by atoms with van der Waals surface area (Å²) in [5, 5.41) is 1.53. The van der Waals surface area contributed by atoms with Gasteiger partial charge >= 0.3 is 11.9 Å². The summed E-state index contributed by atoms with van der Waals surface area (Å²) in [5.41, 5.74) is 6.94. The Morgan fingerprint density at radius 2 is 1.12 bits per heavy atom. The highest BCUT2D eigenvalue weighted by atomic mass is 16.5. The van der Waals surface area contributed by atoms with E-state index in [2.05, 4.69) is 29.9 Å². The minimum Gasteiger partial charge on any atom is -0.453 e. The second-order valence-electron chi connectivity index (χ2n) is 13.1. The van der Waals surface area contributed by atoms with Crippen LogP contribution in [0.3, 0.4) is 0 Å². The summed E-state index contributed by atoms with van der Waals surface area (Å²) in [6.45, 7) is 3.80. The van der Waals surface area contributed by atoms with Crippen LogP contribution in [0.15, 0.2) is 73.3 Å². The second kappa shape index (κ2) is 12.4. The third kappa shape index (κ3) is 5.52. The van der Waals surface area contributed by atoms with Crippen molar-refractivity contribution in [2.75, 3.05) is 0 Å². The first-order chi connectivity index (χ1) is 24.2. The van der Waals surface area contributed by atoms with Crippen molar-refractivity contribution in [1.29, 1.82) is 0 Å². The molecule has 8 rings (SSSR count). The van der Waals surface area contributed by atoms with Gasteiger partial charge in [0.1, 0.15) is 12.2 Å². The molecule has 12 heteroatoms. The molecule has 0 aliphatic heterocycles. The number of ketones is 2. The predicted molar refractivity (Wildman–Crippen MR) is 182 cm³/mol. The summed E-state index contributed by atoms with van der Waals surface area (Å²) in [4.78, 5) is 75.4. The standard InChI is InChI=1S/C38H34N6O6/c1-19-27(41-17-39-19)13-21-15-29(35-33(37(21)47)23-7-3-5-9-25(23)43-35)49-31(45)11-12-32(46)50-30-16-22(14-28-20(2)40-18-42-28)38(48)34-24-8-4-6-10-26(24)44-36(30)34/h3-12,17-18,21-22,29-30,43-44H,13-16H2,1-2H3,(H,39,41)(H,40,42)/b12-11-. The summed E-state index contributed by atoms with van der Waals surface area (Å²) in [6, 6.07) is 15.0. The topological polar surface area (TPSA) is 176 Å². The van der Waals surface area contributed by atoms with Crippen LogP contribution in [0.2, 0.25) is 0 Å². The van der Waals surface area contributed by atoms with Crippen LogP contribution in [0.25, 0.3) is 21.8 Å². The van der Waals surface area contributed by atoms with E-state index >= 15 is 0 Å². The number of Topliss-reactive ketones (excluding diaryl/α,β-unsaturated/α-hetero) is 2. The van der Waals surface area contributed by atoms with Gasteiger partial charge in [-0.2, -0.15) is 0 Å². The Morgan fingerprint density at radius 3 is 1.52 bits per heavy atom. The number of rotatable bonds is 8. The Bertz CT molecular complexity index is 2180. The zero-order valence-corrected chi connectivity index (χ0v) is 27.4. The smallest absolute Gasteiger partial charge is 0.331 e. The van der Waals surface area contributed by atoms with Crippen LogP contribution < -0.4 is 0 Å².